The molecule has 0 fully saturated rings. The van der Waals surface area contributed by atoms with Crippen LogP contribution in [0.15, 0.2) is 48.5 Å². The molecule has 2 amide bonds. The number of fused-ring (bicyclic) bond motifs is 1. The summed E-state index contributed by atoms with van der Waals surface area (Å²) in [6, 6.07) is 16.7. The highest BCUT2D eigenvalue weighted by molar-refractivity contribution is 9.09. The number of halogens is 3. The van der Waals surface area contributed by atoms with E-state index in [0.717, 1.165) is 198 Å². The van der Waals surface area contributed by atoms with Crippen LogP contribution < -0.4 is 37.9 Å². The Morgan fingerprint density at radius 1 is 0.385 bits per heavy atom. The molecule has 4 atom stereocenters. The summed E-state index contributed by atoms with van der Waals surface area (Å²) in [6.07, 6.45) is 15.6. The Bertz CT molecular complexity index is 2890. The van der Waals surface area contributed by atoms with Crippen molar-refractivity contribution < 1.29 is 47.5 Å². The third kappa shape index (κ3) is 9.87. The van der Waals surface area contributed by atoms with Crippen LogP contribution in [0, 0.1) is 0 Å². The minimum absolute atomic E-state index is 0.0226. The van der Waals surface area contributed by atoms with E-state index in [1.165, 1.54) is 4.90 Å². The van der Waals surface area contributed by atoms with Crippen LogP contribution in [0.3, 0.4) is 0 Å². The van der Waals surface area contributed by atoms with Crippen molar-refractivity contribution in [1.82, 2.24) is 4.90 Å². The van der Waals surface area contributed by atoms with E-state index in [-0.39, 0.29) is 69.2 Å². The predicted molar refractivity (Wildman–Crippen MR) is 313 cm³/mol. The first kappa shape index (κ1) is 55.0. The molecular weight excluding hydrogens is 1180 g/mol. The van der Waals surface area contributed by atoms with Gasteiger partial charge in [-0.15, -0.1) is 0 Å². The topological polar surface area (TPSA) is 111 Å². The fourth-order valence-electron chi connectivity index (χ4n) is 13.4. The first-order chi connectivity index (χ1) is 38.3. The second-order valence-corrected chi connectivity index (χ2v) is 23.4. The molecule has 8 bridgehead atoms. The van der Waals surface area contributed by atoms with Gasteiger partial charge in [-0.05, 0) is 62.1 Å². The summed E-state index contributed by atoms with van der Waals surface area (Å²) >= 11 is 12.0. The Balaban J connectivity index is 1.30. The average molecular weight is 1250 g/mol. The number of benzene rings is 5. The highest BCUT2D eigenvalue weighted by atomic mass is 79.9. The van der Waals surface area contributed by atoms with E-state index in [1.54, 1.807) is 12.1 Å². The van der Waals surface area contributed by atoms with Crippen LogP contribution in [0.1, 0.15) is 242 Å². The molecule has 414 valence electrons. The smallest absolute Gasteiger partial charge is 0.261 e. The first-order valence-electron chi connectivity index (χ1n) is 28.7. The van der Waals surface area contributed by atoms with E-state index in [9.17, 15) is 9.59 Å². The molecule has 0 saturated carbocycles. The van der Waals surface area contributed by atoms with Crippen LogP contribution in [-0.2, 0) is 22.5 Å². The van der Waals surface area contributed by atoms with Crippen LogP contribution in [-0.4, -0.2) is 43.9 Å². The summed E-state index contributed by atoms with van der Waals surface area (Å²) in [7, 11) is 0. The number of hydrogen-bond donors (Lipinski definition) is 0. The second-order valence-electron chi connectivity index (χ2n) is 21.7. The number of ether oxygens (including phenoxy) is 8. The molecule has 5 heterocycles. The van der Waals surface area contributed by atoms with Gasteiger partial charge >= 0.3 is 0 Å². The Hall–Kier alpha value is -4.92. The summed E-state index contributed by atoms with van der Waals surface area (Å²) in [5.41, 5.74) is 12.7. The molecule has 5 aliphatic heterocycles. The number of hydrogen-bond acceptors (Lipinski definition) is 10. The van der Waals surface area contributed by atoms with Gasteiger partial charge in [-0.2, -0.15) is 0 Å². The van der Waals surface area contributed by atoms with Gasteiger partial charge in [0.05, 0.1) is 23.2 Å². The SMILES string of the molecule is CCCCCC1c2cc3c4c(CBr)c2OCOc2c1cc1c(c2CBr)OCOc2c(cc5c(c2CN2C(=O)c6ccccc6C2=O)OCOc2c(cc(c(c2CBr)OCO4)C3CCCCC)C5CCCCC)C1CCCCC. The number of alkyl halides is 3. The molecule has 4 unspecified atom stereocenters. The molecule has 0 radical (unpaired) electrons. The molecule has 11 rings (SSSR count). The summed E-state index contributed by atoms with van der Waals surface area (Å²) in [6.45, 7) is 8.59. The molecule has 11 nitrogen and oxygen atoms in total. The normalized spacial score (nSPS) is 19.1. The number of carbonyl (C=O) groups is 2. The zero-order valence-corrected chi connectivity index (χ0v) is 50.3. The number of nitrogens with zero attached hydrogens (tertiary/aromatic N) is 1. The molecule has 5 aromatic carbocycles. The highest BCUT2D eigenvalue weighted by Crippen LogP contribution is 2.59. The van der Waals surface area contributed by atoms with Gasteiger partial charge in [-0.25, -0.2) is 0 Å². The third-order valence-electron chi connectivity index (χ3n) is 17.1. The van der Waals surface area contributed by atoms with Crippen molar-refractivity contribution in [3.8, 4) is 46.0 Å². The number of imide groups is 1. The quantitative estimate of drug-likeness (QED) is 0.0400. The highest BCUT2D eigenvalue weighted by Gasteiger charge is 2.43. The summed E-state index contributed by atoms with van der Waals surface area (Å²) in [4.78, 5) is 30.5. The van der Waals surface area contributed by atoms with Crippen molar-refractivity contribution in [3.05, 3.63) is 126 Å². The van der Waals surface area contributed by atoms with Gasteiger partial charge in [-0.1, -0.05) is 165 Å². The fourth-order valence-corrected chi connectivity index (χ4v) is 14.9. The van der Waals surface area contributed by atoms with E-state index in [1.807, 2.05) is 12.1 Å². The molecule has 0 spiro atoms. The maximum absolute atomic E-state index is 14.6. The van der Waals surface area contributed by atoms with E-state index in [4.69, 9.17) is 37.9 Å². The minimum atomic E-state index is -0.349. The van der Waals surface area contributed by atoms with Gasteiger partial charge in [0.2, 0.25) is 27.2 Å². The minimum Gasteiger partial charge on any atom is -0.457 e. The lowest BCUT2D eigenvalue weighted by atomic mass is 9.74. The Morgan fingerprint density at radius 2 is 0.628 bits per heavy atom. The number of amides is 2. The summed E-state index contributed by atoms with van der Waals surface area (Å²) in [5.74, 6) is 4.23. The van der Waals surface area contributed by atoms with Crippen LogP contribution in [0.25, 0.3) is 0 Å². The van der Waals surface area contributed by atoms with Gasteiger partial charge in [0.1, 0.15) is 46.0 Å². The average Bonchev–Trinajstić information content (AvgIpc) is 3.85. The molecule has 0 aromatic heterocycles. The maximum Gasteiger partial charge on any atom is 0.261 e. The molecule has 5 aromatic rings. The lowest BCUT2D eigenvalue weighted by Crippen LogP contribution is -2.31. The Kier molecular flexibility index (Phi) is 17.2. The summed E-state index contributed by atoms with van der Waals surface area (Å²) < 4.78 is 55.9. The molecule has 6 aliphatic rings. The van der Waals surface area contributed by atoms with Gasteiger partial charge < -0.3 is 37.9 Å². The molecule has 0 saturated heterocycles. The van der Waals surface area contributed by atoms with Crippen molar-refractivity contribution in [2.75, 3.05) is 27.2 Å². The fraction of sp³-hybridized carbons (Fsp3) is 0.500. The van der Waals surface area contributed by atoms with Crippen LogP contribution >= 0.6 is 47.8 Å². The van der Waals surface area contributed by atoms with Crippen LogP contribution in [0.5, 0.6) is 46.0 Å². The molecule has 1 aliphatic carbocycles. The molecule has 78 heavy (non-hydrogen) atoms. The lowest BCUT2D eigenvalue weighted by molar-refractivity contribution is 0.0632. The Labute approximate surface area is 485 Å². The van der Waals surface area contributed by atoms with Crippen molar-refractivity contribution in [3.63, 3.8) is 0 Å². The number of carbonyl (C=O) groups excluding carboxylic acids is 2. The maximum atomic E-state index is 14.6. The van der Waals surface area contributed by atoms with E-state index >= 15 is 0 Å². The van der Waals surface area contributed by atoms with Crippen LogP contribution in [0.4, 0.5) is 0 Å². The van der Waals surface area contributed by atoms with Gasteiger partial charge in [0, 0.05) is 101 Å². The number of unbranched alkanes of at least 4 members (excludes halogenated alkanes) is 8. The second kappa shape index (κ2) is 24.4. The van der Waals surface area contributed by atoms with Gasteiger partial charge in [0.25, 0.3) is 11.8 Å². The van der Waals surface area contributed by atoms with E-state index < -0.39 is 0 Å². The zero-order chi connectivity index (χ0) is 54.0. The van der Waals surface area contributed by atoms with Crippen molar-refractivity contribution in [2.45, 2.75) is 177 Å². The standard InChI is InChI=1S/C64H72Br3NO10/c1-5-9-13-19-37-43-25-44-38(20-14-10-6-2)46-27-48-40(22-16-12-8-4)50-28-49-39(21-15-11-7-3)47-26-45(37)57-52(30-66)59(47)75-35-77-61(49)54(32-68-63(69)41-23-17-18-24-42(41)64(68)70)62(50)78-36-76-60(48)53(31-67)58(46)74-34-72-56(44)51(29-65)55(43)71-33-73-57/h17-18,23-28,37-40H,5-16,19-22,29-36H2,1-4H3. The molecular formula is C64H72Br3NO10. The summed E-state index contributed by atoms with van der Waals surface area (Å²) in [5, 5.41) is 1.42. The zero-order valence-electron chi connectivity index (χ0n) is 45.6. The van der Waals surface area contributed by atoms with Crippen molar-refractivity contribution in [2.24, 2.45) is 0 Å². The molecule has 14 heteroatoms. The predicted octanol–water partition coefficient (Wildman–Crippen LogP) is 17.2. The van der Waals surface area contributed by atoms with Gasteiger partial charge in [0.15, 0.2) is 0 Å². The van der Waals surface area contributed by atoms with Crippen molar-refractivity contribution in [1.29, 1.82) is 0 Å². The third-order valence-corrected chi connectivity index (χ3v) is 18.8. The van der Waals surface area contributed by atoms with Crippen LogP contribution in [0.2, 0.25) is 0 Å². The Morgan fingerprint density at radius 3 is 0.859 bits per heavy atom. The number of rotatable bonds is 21. The van der Waals surface area contributed by atoms with E-state index in [0.29, 0.717) is 44.2 Å². The van der Waals surface area contributed by atoms with Gasteiger partial charge in [-0.3, -0.25) is 14.5 Å². The lowest BCUT2D eigenvalue weighted by Gasteiger charge is -2.37. The monoisotopic (exact) mass is 1250 g/mol. The molecule has 0 N–H and O–H groups in total. The van der Waals surface area contributed by atoms with Crippen molar-refractivity contribution >= 4 is 59.6 Å². The van der Waals surface area contributed by atoms with E-state index in [2.05, 4.69) is 99.8 Å². The largest absolute Gasteiger partial charge is 0.457 e. The first-order valence-corrected chi connectivity index (χ1v) is 32.1.